The second kappa shape index (κ2) is 8.04. The Morgan fingerprint density at radius 2 is 1.88 bits per heavy atom. The molecule has 2 rings (SSSR count). The summed E-state index contributed by atoms with van der Waals surface area (Å²) in [7, 11) is -3.50. The van der Waals surface area contributed by atoms with Crippen molar-refractivity contribution in [2.75, 3.05) is 26.2 Å². The highest BCUT2D eigenvalue weighted by molar-refractivity contribution is 7.87. The minimum atomic E-state index is -3.50. The fourth-order valence-electron chi connectivity index (χ4n) is 2.83. The predicted molar refractivity (Wildman–Crippen MR) is 89.8 cm³/mol. The Balaban J connectivity index is 1.89. The van der Waals surface area contributed by atoms with Crippen LogP contribution in [0.4, 0.5) is 4.39 Å². The molecule has 6 nitrogen and oxygen atoms in total. The van der Waals surface area contributed by atoms with Gasteiger partial charge in [0.25, 0.3) is 10.2 Å². The standard InChI is InChI=1S/C16H24FN3O3S/c1-3-20(4-2)24(22,23)18-10-14-9-16(21)19(12-14)11-13-5-7-15(17)8-6-13/h5-8,14,18H,3-4,9-12H2,1-2H3. The van der Waals surface area contributed by atoms with Crippen molar-refractivity contribution >= 4 is 16.1 Å². The average molecular weight is 357 g/mol. The van der Waals surface area contributed by atoms with Crippen LogP contribution in [-0.2, 0) is 21.5 Å². The molecular formula is C16H24FN3O3S. The highest BCUT2D eigenvalue weighted by Gasteiger charge is 2.31. The number of likely N-dealkylation sites (tertiary alicyclic amines) is 1. The molecule has 1 heterocycles. The minimum Gasteiger partial charge on any atom is -0.338 e. The maximum absolute atomic E-state index is 12.9. The van der Waals surface area contributed by atoms with E-state index in [1.54, 1.807) is 30.9 Å². The lowest BCUT2D eigenvalue weighted by molar-refractivity contribution is -0.128. The van der Waals surface area contributed by atoms with Gasteiger partial charge in [0.15, 0.2) is 0 Å². The first kappa shape index (κ1) is 18.8. The van der Waals surface area contributed by atoms with Crippen LogP contribution in [0.25, 0.3) is 0 Å². The number of nitrogens with one attached hydrogen (secondary N) is 1. The summed E-state index contributed by atoms with van der Waals surface area (Å²) in [5.41, 5.74) is 0.856. The summed E-state index contributed by atoms with van der Waals surface area (Å²) in [4.78, 5) is 13.8. The van der Waals surface area contributed by atoms with Crippen molar-refractivity contribution < 1.29 is 17.6 Å². The Morgan fingerprint density at radius 3 is 2.46 bits per heavy atom. The first-order valence-corrected chi connectivity index (χ1v) is 9.56. The van der Waals surface area contributed by atoms with Crippen LogP contribution in [0.15, 0.2) is 24.3 Å². The monoisotopic (exact) mass is 357 g/mol. The van der Waals surface area contributed by atoms with Crippen LogP contribution in [0.1, 0.15) is 25.8 Å². The number of benzene rings is 1. The molecule has 1 saturated heterocycles. The summed E-state index contributed by atoms with van der Waals surface area (Å²) in [6.45, 7) is 5.54. The van der Waals surface area contributed by atoms with Gasteiger partial charge in [-0.25, -0.2) is 9.11 Å². The van der Waals surface area contributed by atoms with E-state index >= 15 is 0 Å². The van der Waals surface area contributed by atoms with Gasteiger partial charge in [0.05, 0.1) is 0 Å². The molecule has 1 atom stereocenters. The topological polar surface area (TPSA) is 69.7 Å². The predicted octanol–water partition coefficient (Wildman–Crippen LogP) is 1.35. The zero-order valence-electron chi connectivity index (χ0n) is 14.0. The van der Waals surface area contributed by atoms with Crippen LogP contribution in [-0.4, -0.2) is 49.7 Å². The van der Waals surface area contributed by atoms with Gasteiger partial charge in [-0.1, -0.05) is 26.0 Å². The fourth-order valence-corrected chi connectivity index (χ4v) is 4.14. The molecule has 0 bridgehead atoms. The highest BCUT2D eigenvalue weighted by atomic mass is 32.2. The van der Waals surface area contributed by atoms with Gasteiger partial charge >= 0.3 is 0 Å². The number of hydrogen-bond donors (Lipinski definition) is 1. The smallest absolute Gasteiger partial charge is 0.279 e. The summed E-state index contributed by atoms with van der Waals surface area (Å²) in [6.07, 6.45) is 0.321. The van der Waals surface area contributed by atoms with Crippen molar-refractivity contribution in [1.82, 2.24) is 13.9 Å². The third kappa shape index (κ3) is 4.75. The van der Waals surface area contributed by atoms with Gasteiger partial charge in [0.1, 0.15) is 5.82 Å². The van der Waals surface area contributed by atoms with E-state index in [1.165, 1.54) is 16.4 Å². The van der Waals surface area contributed by atoms with Crippen LogP contribution in [0.3, 0.4) is 0 Å². The molecule has 1 N–H and O–H groups in total. The zero-order chi connectivity index (χ0) is 17.7. The summed E-state index contributed by atoms with van der Waals surface area (Å²) in [5, 5.41) is 0. The van der Waals surface area contributed by atoms with E-state index in [2.05, 4.69) is 4.72 Å². The quantitative estimate of drug-likeness (QED) is 0.764. The Morgan fingerprint density at radius 1 is 1.25 bits per heavy atom. The van der Waals surface area contributed by atoms with Crippen molar-refractivity contribution in [3.8, 4) is 0 Å². The van der Waals surface area contributed by atoms with Crippen molar-refractivity contribution in [1.29, 1.82) is 0 Å². The first-order chi connectivity index (χ1) is 11.4. The Hall–Kier alpha value is -1.51. The lowest BCUT2D eigenvalue weighted by Crippen LogP contribution is -2.42. The number of hydrogen-bond acceptors (Lipinski definition) is 3. The van der Waals surface area contributed by atoms with Gasteiger partial charge in [0, 0.05) is 39.1 Å². The lowest BCUT2D eigenvalue weighted by atomic mass is 10.1. The van der Waals surface area contributed by atoms with Crippen molar-refractivity contribution in [2.45, 2.75) is 26.8 Å². The van der Waals surface area contributed by atoms with E-state index in [0.29, 0.717) is 32.6 Å². The summed E-state index contributed by atoms with van der Waals surface area (Å²) in [5.74, 6) is -0.371. The molecule has 0 aromatic heterocycles. The van der Waals surface area contributed by atoms with E-state index in [9.17, 15) is 17.6 Å². The molecule has 134 valence electrons. The van der Waals surface area contributed by atoms with Crippen LogP contribution in [0, 0.1) is 11.7 Å². The van der Waals surface area contributed by atoms with Crippen LogP contribution in [0.5, 0.6) is 0 Å². The van der Waals surface area contributed by atoms with Gasteiger partial charge in [-0.15, -0.1) is 0 Å². The zero-order valence-corrected chi connectivity index (χ0v) is 14.9. The molecule has 1 aromatic carbocycles. The molecule has 1 fully saturated rings. The molecule has 1 aromatic rings. The second-order valence-electron chi connectivity index (χ2n) is 5.91. The third-order valence-corrected chi connectivity index (χ3v) is 5.91. The number of carbonyl (C=O) groups is 1. The number of rotatable bonds is 8. The van der Waals surface area contributed by atoms with Crippen LogP contribution < -0.4 is 4.72 Å². The summed E-state index contributed by atoms with van der Waals surface area (Å²) < 4.78 is 41.1. The maximum Gasteiger partial charge on any atom is 0.279 e. The SMILES string of the molecule is CCN(CC)S(=O)(=O)NCC1CC(=O)N(Cc2ccc(F)cc2)C1. The molecule has 1 aliphatic rings. The second-order valence-corrected chi connectivity index (χ2v) is 7.66. The Kier molecular flexibility index (Phi) is 6.31. The van der Waals surface area contributed by atoms with E-state index < -0.39 is 10.2 Å². The molecule has 1 aliphatic heterocycles. The van der Waals surface area contributed by atoms with Gasteiger partial charge in [-0.2, -0.15) is 12.7 Å². The number of carbonyl (C=O) groups excluding carboxylic acids is 1. The van der Waals surface area contributed by atoms with Crippen molar-refractivity contribution in [2.24, 2.45) is 5.92 Å². The van der Waals surface area contributed by atoms with Gasteiger partial charge in [0.2, 0.25) is 5.91 Å². The normalized spacial score (nSPS) is 18.6. The van der Waals surface area contributed by atoms with E-state index in [4.69, 9.17) is 0 Å². The summed E-state index contributed by atoms with van der Waals surface area (Å²) >= 11 is 0. The van der Waals surface area contributed by atoms with Crippen molar-refractivity contribution in [3.63, 3.8) is 0 Å². The molecular weight excluding hydrogens is 333 g/mol. The fraction of sp³-hybridized carbons (Fsp3) is 0.562. The number of amides is 1. The van der Waals surface area contributed by atoms with Crippen molar-refractivity contribution in [3.05, 3.63) is 35.6 Å². The highest BCUT2D eigenvalue weighted by Crippen LogP contribution is 2.20. The number of halogens is 1. The first-order valence-electron chi connectivity index (χ1n) is 8.12. The molecule has 0 spiro atoms. The average Bonchev–Trinajstić information content (AvgIpc) is 2.89. The Labute approximate surface area is 142 Å². The van der Waals surface area contributed by atoms with Gasteiger partial charge in [-0.3, -0.25) is 4.79 Å². The number of nitrogens with zero attached hydrogens (tertiary/aromatic N) is 2. The van der Waals surface area contributed by atoms with Gasteiger partial charge in [-0.05, 0) is 23.6 Å². The third-order valence-electron chi connectivity index (χ3n) is 4.18. The van der Waals surface area contributed by atoms with E-state index in [1.807, 2.05) is 0 Å². The molecule has 24 heavy (non-hydrogen) atoms. The molecule has 0 radical (unpaired) electrons. The molecule has 8 heteroatoms. The summed E-state index contributed by atoms with van der Waals surface area (Å²) in [6, 6.07) is 6.04. The maximum atomic E-state index is 12.9. The minimum absolute atomic E-state index is 0.00800. The molecule has 1 amide bonds. The van der Waals surface area contributed by atoms with E-state index in [0.717, 1.165) is 5.56 Å². The van der Waals surface area contributed by atoms with E-state index in [-0.39, 0.29) is 24.2 Å². The molecule has 0 saturated carbocycles. The van der Waals surface area contributed by atoms with Crippen LogP contribution >= 0.6 is 0 Å². The van der Waals surface area contributed by atoms with Gasteiger partial charge < -0.3 is 4.90 Å². The molecule has 1 unspecified atom stereocenters. The largest absolute Gasteiger partial charge is 0.338 e. The Bertz CT molecular complexity index is 660. The van der Waals surface area contributed by atoms with Crippen LogP contribution in [0.2, 0.25) is 0 Å². The lowest BCUT2D eigenvalue weighted by Gasteiger charge is -2.20. The molecule has 0 aliphatic carbocycles.